The van der Waals surface area contributed by atoms with E-state index in [1.807, 2.05) is 38.1 Å². The zero-order chi connectivity index (χ0) is 15.4. The topological polar surface area (TPSA) is 15.3 Å². The second-order valence-electron chi connectivity index (χ2n) is 5.46. The molecule has 21 heavy (non-hydrogen) atoms. The quantitative estimate of drug-likeness (QED) is 0.859. The van der Waals surface area contributed by atoms with E-state index in [0.717, 1.165) is 12.0 Å². The van der Waals surface area contributed by atoms with Crippen molar-refractivity contribution in [3.63, 3.8) is 0 Å². The second-order valence-corrected chi connectivity index (χ2v) is 6.50. The number of rotatable bonds is 6. The Bertz CT molecular complexity index is 568. The lowest BCUT2D eigenvalue weighted by molar-refractivity contribution is 0.593. The van der Waals surface area contributed by atoms with Crippen LogP contribution in [0.25, 0.3) is 0 Å². The molecule has 0 aliphatic heterocycles. The van der Waals surface area contributed by atoms with Gasteiger partial charge in [0.25, 0.3) is 0 Å². The SMILES string of the molecule is CNC(C)c1ccc(N(C)C(C)Cc2cccs2)c(F)c1. The first-order valence-electron chi connectivity index (χ1n) is 7.25. The molecule has 0 amide bonds. The summed E-state index contributed by atoms with van der Waals surface area (Å²) in [6.07, 6.45) is 0.933. The van der Waals surface area contributed by atoms with Crippen LogP contribution in [0.15, 0.2) is 35.7 Å². The van der Waals surface area contributed by atoms with Crippen LogP contribution in [0.4, 0.5) is 10.1 Å². The lowest BCUT2D eigenvalue weighted by Crippen LogP contribution is -2.31. The summed E-state index contributed by atoms with van der Waals surface area (Å²) in [5.74, 6) is -0.157. The van der Waals surface area contributed by atoms with E-state index in [-0.39, 0.29) is 17.9 Å². The fourth-order valence-electron chi connectivity index (χ4n) is 2.34. The van der Waals surface area contributed by atoms with Gasteiger partial charge in [0.2, 0.25) is 0 Å². The van der Waals surface area contributed by atoms with E-state index in [1.54, 1.807) is 17.4 Å². The minimum absolute atomic E-state index is 0.155. The Hall–Kier alpha value is -1.39. The van der Waals surface area contributed by atoms with Crippen molar-refractivity contribution in [2.75, 3.05) is 19.0 Å². The number of nitrogens with one attached hydrogen (secondary N) is 1. The largest absolute Gasteiger partial charge is 0.369 e. The highest BCUT2D eigenvalue weighted by atomic mass is 32.1. The first-order valence-corrected chi connectivity index (χ1v) is 8.12. The molecule has 0 saturated carbocycles. The molecule has 2 unspecified atom stereocenters. The Balaban J connectivity index is 2.13. The molecule has 2 nitrogen and oxygen atoms in total. The average Bonchev–Trinajstić information content (AvgIpc) is 2.98. The number of benzene rings is 1. The molecular formula is C17H23FN2S. The van der Waals surface area contributed by atoms with E-state index < -0.39 is 0 Å². The van der Waals surface area contributed by atoms with Crippen LogP contribution in [-0.2, 0) is 6.42 Å². The van der Waals surface area contributed by atoms with Crippen molar-refractivity contribution in [3.8, 4) is 0 Å². The third-order valence-corrected chi connectivity index (χ3v) is 4.92. The smallest absolute Gasteiger partial charge is 0.146 e. The van der Waals surface area contributed by atoms with Crippen LogP contribution in [0.2, 0.25) is 0 Å². The molecule has 0 saturated heterocycles. The van der Waals surface area contributed by atoms with Crippen molar-refractivity contribution in [3.05, 3.63) is 52.0 Å². The van der Waals surface area contributed by atoms with Crippen molar-refractivity contribution in [1.82, 2.24) is 5.32 Å². The summed E-state index contributed by atoms with van der Waals surface area (Å²) in [6, 6.07) is 10.1. The van der Waals surface area contributed by atoms with Crippen LogP contribution in [-0.4, -0.2) is 20.1 Å². The number of halogens is 1. The molecule has 1 heterocycles. The van der Waals surface area contributed by atoms with Crippen LogP contribution >= 0.6 is 11.3 Å². The molecule has 0 bridgehead atoms. The molecule has 0 aliphatic rings. The number of anilines is 1. The average molecular weight is 306 g/mol. The van der Waals surface area contributed by atoms with E-state index in [0.29, 0.717) is 5.69 Å². The van der Waals surface area contributed by atoms with E-state index in [9.17, 15) is 4.39 Å². The highest BCUT2D eigenvalue weighted by Crippen LogP contribution is 2.25. The standard InChI is InChI=1S/C17H23FN2S/c1-12(10-15-6-5-9-21-15)20(4)17-8-7-14(11-16(17)18)13(2)19-3/h5-9,11-13,19H,10H2,1-4H3. The van der Waals surface area contributed by atoms with Gasteiger partial charge in [-0.1, -0.05) is 12.1 Å². The molecule has 2 rings (SSSR count). The van der Waals surface area contributed by atoms with Gasteiger partial charge in [-0.2, -0.15) is 0 Å². The molecule has 1 aromatic carbocycles. The lowest BCUT2D eigenvalue weighted by atomic mass is 10.1. The number of thiophene rings is 1. The molecule has 0 fully saturated rings. The number of hydrogen-bond acceptors (Lipinski definition) is 3. The third-order valence-electron chi connectivity index (χ3n) is 4.02. The molecule has 0 spiro atoms. The minimum Gasteiger partial charge on any atom is -0.369 e. The molecule has 4 heteroatoms. The van der Waals surface area contributed by atoms with Gasteiger partial charge in [-0.25, -0.2) is 4.39 Å². The van der Waals surface area contributed by atoms with Crippen molar-refractivity contribution in [2.24, 2.45) is 0 Å². The molecular weight excluding hydrogens is 283 g/mol. The minimum atomic E-state index is -0.157. The van der Waals surface area contributed by atoms with Crippen molar-refractivity contribution in [1.29, 1.82) is 0 Å². The third kappa shape index (κ3) is 3.83. The lowest BCUT2D eigenvalue weighted by Gasteiger charge is -2.27. The van der Waals surface area contributed by atoms with E-state index in [1.165, 1.54) is 4.88 Å². The maximum absolute atomic E-state index is 14.4. The number of likely N-dealkylation sites (N-methyl/N-ethyl adjacent to an activating group) is 1. The van der Waals surface area contributed by atoms with Crippen LogP contribution in [0.1, 0.15) is 30.3 Å². The van der Waals surface area contributed by atoms with Crippen LogP contribution in [0, 0.1) is 5.82 Å². The number of hydrogen-bond donors (Lipinski definition) is 1. The number of nitrogens with zero attached hydrogens (tertiary/aromatic N) is 1. The van der Waals surface area contributed by atoms with Gasteiger partial charge in [0.05, 0.1) is 5.69 Å². The summed E-state index contributed by atoms with van der Waals surface area (Å²) >= 11 is 1.75. The summed E-state index contributed by atoms with van der Waals surface area (Å²) in [5.41, 5.74) is 1.63. The van der Waals surface area contributed by atoms with Gasteiger partial charge in [-0.3, -0.25) is 0 Å². The first-order chi connectivity index (χ1) is 10.0. The van der Waals surface area contributed by atoms with Crippen LogP contribution in [0.3, 0.4) is 0 Å². The summed E-state index contributed by atoms with van der Waals surface area (Å²) in [5, 5.41) is 5.21. The predicted octanol–water partition coefficient (Wildman–Crippen LogP) is 4.24. The maximum atomic E-state index is 14.4. The van der Waals surface area contributed by atoms with Gasteiger partial charge >= 0.3 is 0 Å². The highest BCUT2D eigenvalue weighted by molar-refractivity contribution is 7.09. The predicted molar refractivity (Wildman–Crippen MR) is 89.8 cm³/mol. The van der Waals surface area contributed by atoms with E-state index in [2.05, 4.69) is 29.8 Å². The fraction of sp³-hybridized carbons (Fsp3) is 0.412. The summed E-state index contributed by atoms with van der Waals surface area (Å²) in [4.78, 5) is 3.35. The summed E-state index contributed by atoms with van der Waals surface area (Å²) in [6.45, 7) is 4.15. The first kappa shape index (κ1) is 16.0. The zero-order valence-electron chi connectivity index (χ0n) is 13.1. The molecule has 2 aromatic rings. The van der Waals surface area contributed by atoms with Crippen molar-refractivity contribution in [2.45, 2.75) is 32.4 Å². The Labute approximate surface area is 130 Å². The Morgan fingerprint density at radius 3 is 2.62 bits per heavy atom. The van der Waals surface area contributed by atoms with Crippen LogP contribution in [0.5, 0.6) is 0 Å². The summed E-state index contributed by atoms with van der Waals surface area (Å²) in [7, 11) is 3.84. The normalized spacial score (nSPS) is 14.0. The second kappa shape index (κ2) is 7.05. The Morgan fingerprint density at radius 2 is 2.05 bits per heavy atom. The van der Waals surface area contributed by atoms with Crippen molar-refractivity contribution < 1.29 is 4.39 Å². The summed E-state index contributed by atoms with van der Waals surface area (Å²) < 4.78 is 14.4. The van der Waals surface area contributed by atoms with E-state index >= 15 is 0 Å². The van der Waals surface area contributed by atoms with Gasteiger partial charge in [-0.05, 0) is 50.0 Å². The molecule has 0 aliphatic carbocycles. The maximum Gasteiger partial charge on any atom is 0.146 e. The van der Waals surface area contributed by atoms with Gasteiger partial charge in [0.1, 0.15) is 5.82 Å². The van der Waals surface area contributed by atoms with Gasteiger partial charge in [0, 0.05) is 30.4 Å². The Morgan fingerprint density at radius 1 is 1.29 bits per heavy atom. The molecule has 1 N–H and O–H groups in total. The molecule has 0 radical (unpaired) electrons. The molecule has 2 atom stereocenters. The molecule has 1 aromatic heterocycles. The Kier molecular flexibility index (Phi) is 5.37. The van der Waals surface area contributed by atoms with Crippen molar-refractivity contribution >= 4 is 17.0 Å². The highest BCUT2D eigenvalue weighted by Gasteiger charge is 2.16. The van der Waals surface area contributed by atoms with E-state index in [4.69, 9.17) is 0 Å². The fourth-order valence-corrected chi connectivity index (χ4v) is 3.17. The van der Waals surface area contributed by atoms with Gasteiger partial charge < -0.3 is 10.2 Å². The molecule has 114 valence electrons. The monoisotopic (exact) mass is 306 g/mol. The van der Waals surface area contributed by atoms with Gasteiger partial charge in [0.15, 0.2) is 0 Å². The van der Waals surface area contributed by atoms with Gasteiger partial charge in [-0.15, -0.1) is 11.3 Å². The van der Waals surface area contributed by atoms with Crippen LogP contribution < -0.4 is 10.2 Å². The zero-order valence-corrected chi connectivity index (χ0v) is 13.9.